The second-order valence-corrected chi connectivity index (χ2v) is 5.58. The number of carboxylic acids is 1. The highest BCUT2D eigenvalue weighted by Crippen LogP contribution is 2.24. The van der Waals surface area contributed by atoms with Crippen molar-refractivity contribution in [3.63, 3.8) is 0 Å². The Labute approximate surface area is 121 Å². The number of benzene rings is 1. The lowest BCUT2D eigenvalue weighted by molar-refractivity contribution is 0.0696. The molecule has 0 unspecified atom stereocenters. The first-order valence-corrected chi connectivity index (χ1v) is 7.32. The average molecular weight is 276 g/mol. The quantitative estimate of drug-likeness (QED) is 0.918. The van der Waals surface area contributed by atoms with Gasteiger partial charge in [-0.3, -0.25) is 0 Å². The molecule has 20 heavy (non-hydrogen) atoms. The number of carbonyl (C=O) groups is 1. The van der Waals surface area contributed by atoms with Crippen LogP contribution in [0.25, 0.3) is 0 Å². The summed E-state index contributed by atoms with van der Waals surface area (Å²) in [5.41, 5.74) is 2.33. The highest BCUT2D eigenvalue weighted by molar-refractivity contribution is 5.89. The van der Waals surface area contributed by atoms with Gasteiger partial charge in [-0.15, -0.1) is 0 Å². The maximum absolute atomic E-state index is 11.1. The van der Waals surface area contributed by atoms with E-state index in [1.165, 1.54) is 12.8 Å². The molecule has 0 aromatic heterocycles. The fourth-order valence-corrected chi connectivity index (χ4v) is 2.94. The Hall–Kier alpha value is -1.55. The van der Waals surface area contributed by atoms with Gasteiger partial charge in [-0.2, -0.15) is 0 Å². The molecule has 0 saturated carbocycles. The van der Waals surface area contributed by atoms with Crippen molar-refractivity contribution in [3.8, 4) is 0 Å². The van der Waals surface area contributed by atoms with Crippen molar-refractivity contribution >= 4 is 11.7 Å². The summed E-state index contributed by atoms with van der Waals surface area (Å²) < 4.78 is 0. The van der Waals surface area contributed by atoms with Gasteiger partial charge in [-0.25, -0.2) is 4.79 Å². The molecule has 0 amide bonds. The zero-order chi connectivity index (χ0) is 14.7. The summed E-state index contributed by atoms with van der Waals surface area (Å²) in [6.07, 6.45) is 2.34. The summed E-state index contributed by atoms with van der Waals surface area (Å²) in [6, 6.07) is 6.16. The standard InChI is InChI=1S/C16H24N2O2/c1-4-18-9-7-13(8-10-18)17(3)14-5-6-15(16(19)20)12(2)11-14/h5-6,11,13H,4,7-10H2,1-3H3,(H,19,20). The summed E-state index contributed by atoms with van der Waals surface area (Å²) in [5.74, 6) is -0.854. The van der Waals surface area contributed by atoms with Gasteiger partial charge < -0.3 is 14.9 Å². The molecule has 1 aromatic carbocycles. The lowest BCUT2D eigenvalue weighted by Gasteiger charge is -2.37. The monoisotopic (exact) mass is 276 g/mol. The van der Waals surface area contributed by atoms with Gasteiger partial charge in [-0.1, -0.05) is 6.92 Å². The second-order valence-electron chi connectivity index (χ2n) is 5.58. The predicted molar refractivity (Wildman–Crippen MR) is 81.7 cm³/mol. The van der Waals surface area contributed by atoms with Gasteiger partial charge in [0.2, 0.25) is 0 Å². The zero-order valence-corrected chi connectivity index (χ0v) is 12.6. The largest absolute Gasteiger partial charge is 0.478 e. The van der Waals surface area contributed by atoms with E-state index in [1.807, 2.05) is 19.1 Å². The maximum atomic E-state index is 11.1. The fraction of sp³-hybridized carbons (Fsp3) is 0.562. The minimum atomic E-state index is -0.854. The zero-order valence-electron chi connectivity index (χ0n) is 12.6. The van der Waals surface area contributed by atoms with Gasteiger partial charge in [0, 0.05) is 31.9 Å². The van der Waals surface area contributed by atoms with Crippen molar-refractivity contribution in [3.05, 3.63) is 29.3 Å². The lowest BCUT2D eigenvalue weighted by Crippen LogP contribution is -2.43. The summed E-state index contributed by atoms with van der Waals surface area (Å²) in [5, 5.41) is 9.08. The van der Waals surface area contributed by atoms with E-state index in [0.29, 0.717) is 11.6 Å². The topological polar surface area (TPSA) is 43.8 Å². The fourth-order valence-electron chi connectivity index (χ4n) is 2.94. The van der Waals surface area contributed by atoms with E-state index in [9.17, 15) is 4.79 Å². The van der Waals surface area contributed by atoms with Gasteiger partial charge in [0.25, 0.3) is 0 Å². The molecule has 0 aliphatic carbocycles. The third kappa shape index (κ3) is 3.12. The van der Waals surface area contributed by atoms with Crippen LogP contribution in [0.1, 0.15) is 35.7 Å². The van der Waals surface area contributed by atoms with Crippen LogP contribution in [-0.2, 0) is 0 Å². The van der Waals surface area contributed by atoms with E-state index < -0.39 is 5.97 Å². The molecule has 1 aliphatic heterocycles. The summed E-state index contributed by atoms with van der Waals surface area (Å²) in [7, 11) is 2.11. The third-order valence-corrected chi connectivity index (χ3v) is 4.40. The molecule has 1 saturated heterocycles. The molecule has 1 aromatic rings. The molecule has 0 spiro atoms. The van der Waals surface area contributed by atoms with Crippen LogP contribution in [0, 0.1) is 6.92 Å². The molecule has 110 valence electrons. The molecular formula is C16H24N2O2. The van der Waals surface area contributed by atoms with Crippen LogP contribution in [0.4, 0.5) is 5.69 Å². The maximum Gasteiger partial charge on any atom is 0.335 e. The van der Waals surface area contributed by atoms with E-state index in [2.05, 4.69) is 23.8 Å². The highest BCUT2D eigenvalue weighted by atomic mass is 16.4. The smallest absolute Gasteiger partial charge is 0.335 e. The van der Waals surface area contributed by atoms with Crippen molar-refractivity contribution in [2.24, 2.45) is 0 Å². The first-order chi connectivity index (χ1) is 9.52. The summed E-state index contributed by atoms with van der Waals surface area (Å²) >= 11 is 0. The normalized spacial score (nSPS) is 17.1. The van der Waals surface area contributed by atoms with Crippen molar-refractivity contribution in [1.29, 1.82) is 0 Å². The van der Waals surface area contributed by atoms with Crippen molar-refractivity contribution in [2.75, 3.05) is 31.6 Å². The Balaban J connectivity index is 2.08. The third-order valence-electron chi connectivity index (χ3n) is 4.40. The van der Waals surface area contributed by atoms with E-state index in [0.717, 1.165) is 30.9 Å². The van der Waals surface area contributed by atoms with E-state index in [4.69, 9.17) is 5.11 Å². The number of nitrogens with zero attached hydrogens (tertiary/aromatic N) is 2. The lowest BCUT2D eigenvalue weighted by atomic mass is 10.0. The number of piperidine rings is 1. The predicted octanol–water partition coefficient (Wildman–Crippen LogP) is 2.61. The first kappa shape index (κ1) is 14.9. The van der Waals surface area contributed by atoms with Crippen LogP contribution >= 0.6 is 0 Å². The van der Waals surface area contributed by atoms with E-state index >= 15 is 0 Å². The number of rotatable bonds is 4. The molecule has 0 bridgehead atoms. The molecule has 2 rings (SSSR count). The highest BCUT2D eigenvalue weighted by Gasteiger charge is 2.22. The van der Waals surface area contributed by atoms with Crippen molar-refractivity contribution in [2.45, 2.75) is 32.7 Å². The van der Waals surface area contributed by atoms with Crippen LogP contribution in [-0.4, -0.2) is 48.7 Å². The molecule has 0 atom stereocenters. The molecule has 1 aliphatic rings. The number of hydrogen-bond acceptors (Lipinski definition) is 3. The van der Waals surface area contributed by atoms with Gasteiger partial charge in [0.15, 0.2) is 0 Å². The number of aromatic carboxylic acids is 1. The minimum Gasteiger partial charge on any atom is -0.478 e. The van der Waals surface area contributed by atoms with Crippen LogP contribution in [0.3, 0.4) is 0 Å². The molecule has 1 fully saturated rings. The molecule has 1 heterocycles. The summed E-state index contributed by atoms with van der Waals surface area (Å²) in [4.78, 5) is 15.8. The Morgan fingerprint density at radius 2 is 2.05 bits per heavy atom. The number of aryl methyl sites for hydroxylation is 1. The van der Waals surface area contributed by atoms with Crippen molar-refractivity contribution in [1.82, 2.24) is 4.90 Å². The Bertz CT molecular complexity index is 479. The van der Waals surface area contributed by atoms with Crippen molar-refractivity contribution < 1.29 is 9.90 Å². The number of likely N-dealkylation sites (tertiary alicyclic amines) is 1. The molecule has 4 heteroatoms. The number of anilines is 1. The first-order valence-electron chi connectivity index (χ1n) is 7.32. The average Bonchev–Trinajstić information content (AvgIpc) is 2.46. The Morgan fingerprint density at radius 3 is 2.55 bits per heavy atom. The van der Waals surface area contributed by atoms with E-state index in [-0.39, 0.29) is 0 Å². The molecule has 0 radical (unpaired) electrons. The van der Waals surface area contributed by atoms with Gasteiger partial charge in [0.1, 0.15) is 0 Å². The van der Waals surface area contributed by atoms with E-state index in [1.54, 1.807) is 6.07 Å². The van der Waals surface area contributed by atoms with Gasteiger partial charge in [0.05, 0.1) is 5.56 Å². The van der Waals surface area contributed by atoms with Crippen LogP contribution in [0.15, 0.2) is 18.2 Å². The molecular weight excluding hydrogens is 252 g/mol. The van der Waals surface area contributed by atoms with Crippen LogP contribution < -0.4 is 4.90 Å². The van der Waals surface area contributed by atoms with Gasteiger partial charge >= 0.3 is 5.97 Å². The summed E-state index contributed by atoms with van der Waals surface area (Å²) in [6.45, 7) is 7.50. The Morgan fingerprint density at radius 1 is 1.40 bits per heavy atom. The van der Waals surface area contributed by atoms with Crippen LogP contribution in [0.2, 0.25) is 0 Å². The number of hydrogen-bond donors (Lipinski definition) is 1. The Kier molecular flexibility index (Phi) is 4.65. The minimum absolute atomic E-state index is 0.392. The number of carboxylic acid groups (broad SMARTS) is 1. The SMILES string of the molecule is CCN1CCC(N(C)c2ccc(C(=O)O)c(C)c2)CC1. The second kappa shape index (κ2) is 6.27. The molecule has 4 nitrogen and oxygen atoms in total. The van der Waals surface area contributed by atoms with Gasteiger partial charge in [-0.05, 0) is 50.1 Å². The molecule has 1 N–H and O–H groups in total. The van der Waals surface area contributed by atoms with Crippen LogP contribution in [0.5, 0.6) is 0 Å².